The number of aryl methyl sites for hydroxylation is 2. The Kier molecular flexibility index (Phi) is 3.69. The second-order valence-corrected chi connectivity index (χ2v) is 6.91. The number of rotatable bonds is 2. The fourth-order valence-corrected chi connectivity index (χ4v) is 3.99. The molecule has 1 aliphatic rings. The summed E-state index contributed by atoms with van der Waals surface area (Å²) in [6.45, 7) is 5.19. The minimum atomic E-state index is 0.000556. The number of imidazole rings is 1. The highest BCUT2D eigenvalue weighted by Gasteiger charge is 2.33. The van der Waals surface area contributed by atoms with Crippen LogP contribution in [-0.2, 0) is 13.1 Å². The van der Waals surface area contributed by atoms with Crippen molar-refractivity contribution < 1.29 is 4.79 Å². The van der Waals surface area contributed by atoms with Crippen molar-refractivity contribution in [3.63, 3.8) is 0 Å². The number of aromatic nitrogens is 3. The van der Waals surface area contributed by atoms with Crippen LogP contribution in [-0.4, -0.2) is 25.3 Å². The Labute approximate surface area is 144 Å². The smallest absolute Gasteiger partial charge is 0.266 e. The summed E-state index contributed by atoms with van der Waals surface area (Å²) < 4.78 is 2.21. The lowest BCUT2D eigenvalue weighted by atomic mass is 10.0. The molecule has 0 saturated carbocycles. The van der Waals surface area contributed by atoms with Crippen molar-refractivity contribution in [3.8, 4) is 0 Å². The molecule has 0 bridgehead atoms. The van der Waals surface area contributed by atoms with Gasteiger partial charge in [-0.3, -0.25) is 4.79 Å². The minimum absolute atomic E-state index is 0.000556. The van der Waals surface area contributed by atoms with Crippen molar-refractivity contribution in [2.24, 2.45) is 0 Å². The molecule has 1 amide bonds. The summed E-state index contributed by atoms with van der Waals surface area (Å²) >= 11 is 1.41. The molecule has 0 unspecified atom stereocenters. The van der Waals surface area contributed by atoms with Crippen LogP contribution in [0.25, 0.3) is 0 Å². The van der Waals surface area contributed by atoms with E-state index in [-0.39, 0.29) is 11.9 Å². The Morgan fingerprint density at radius 2 is 2.00 bits per heavy atom. The third kappa shape index (κ3) is 2.43. The van der Waals surface area contributed by atoms with E-state index in [1.165, 1.54) is 11.3 Å². The summed E-state index contributed by atoms with van der Waals surface area (Å²) in [6.07, 6.45) is 1.88. The first-order chi connectivity index (χ1) is 11.6. The molecular formula is C18H18N4OS. The zero-order valence-corrected chi connectivity index (χ0v) is 14.5. The molecular weight excluding hydrogens is 320 g/mol. The summed E-state index contributed by atoms with van der Waals surface area (Å²) in [6, 6.07) is 10.2. The van der Waals surface area contributed by atoms with Crippen LogP contribution in [0.4, 0.5) is 0 Å². The molecule has 3 heterocycles. The molecule has 1 aromatic carbocycles. The maximum atomic E-state index is 13.1. The third-order valence-corrected chi connectivity index (χ3v) is 5.48. The lowest BCUT2D eigenvalue weighted by Gasteiger charge is -2.36. The lowest BCUT2D eigenvalue weighted by Crippen LogP contribution is -2.41. The maximum Gasteiger partial charge on any atom is 0.266 e. The van der Waals surface area contributed by atoms with Crippen molar-refractivity contribution in [2.45, 2.75) is 33.0 Å². The number of fused-ring (bicyclic) bond motifs is 1. The van der Waals surface area contributed by atoms with Gasteiger partial charge >= 0.3 is 0 Å². The SMILES string of the molecule is Cc1ncsc1C(=O)N1Cc2ncc(C)n2C[C@H]1c1ccccc1. The standard InChI is InChI=1S/C18H18N4OS/c1-12-8-19-16-10-22(18(23)17-13(2)20-11-24-17)15(9-21(12)16)14-6-4-3-5-7-14/h3-8,11,15H,9-10H2,1-2H3/t15-/m0/s1. The van der Waals surface area contributed by atoms with Gasteiger partial charge in [-0.15, -0.1) is 11.3 Å². The lowest BCUT2D eigenvalue weighted by molar-refractivity contribution is 0.0587. The molecule has 0 fully saturated rings. The Balaban J connectivity index is 1.77. The van der Waals surface area contributed by atoms with E-state index in [4.69, 9.17) is 0 Å². The van der Waals surface area contributed by atoms with Crippen molar-refractivity contribution >= 4 is 17.2 Å². The van der Waals surface area contributed by atoms with Crippen LogP contribution in [0.1, 0.15) is 38.5 Å². The number of nitrogens with zero attached hydrogens (tertiary/aromatic N) is 4. The Morgan fingerprint density at radius 1 is 1.21 bits per heavy atom. The summed E-state index contributed by atoms with van der Waals surface area (Å²) in [5.41, 5.74) is 4.80. The van der Waals surface area contributed by atoms with Gasteiger partial charge in [-0.2, -0.15) is 0 Å². The van der Waals surface area contributed by atoms with Crippen LogP contribution in [0.3, 0.4) is 0 Å². The zero-order chi connectivity index (χ0) is 16.7. The van der Waals surface area contributed by atoms with Crippen molar-refractivity contribution in [3.05, 3.63) is 69.7 Å². The Morgan fingerprint density at radius 3 is 2.71 bits per heavy atom. The fourth-order valence-electron chi connectivity index (χ4n) is 3.23. The quantitative estimate of drug-likeness (QED) is 0.720. The first kappa shape index (κ1) is 15.1. The van der Waals surface area contributed by atoms with Gasteiger partial charge in [0.25, 0.3) is 5.91 Å². The molecule has 4 rings (SSSR count). The Bertz CT molecular complexity index is 884. The van der Waals surface area contributed by atoms with E-state index in [1.807, 2.05) is 36.2 Å². The van der Waals surface area contributed by atoms with E-state index in [0.29, 0.717) is 11.4 Å². The maximum absolute atomic E-state index is 13.1. The Hall–Kier alpha value is -2.47. The van der Waals surface area contributed by atoms with Gasteiger partial charge in [-0.05, 0) is 19.4 Å². The number of carbonyl (C=O) groups excluding carboxylic acids is 1. The average molecular weight is 338 g/mol. The van der Waals surface area contributed by atoms with Crippen LogP contribution >= 0.6 is 11.3 Å². The van der Waals surface area contributed by atoms with Gasteiger partial charge in [-0.1, -0.05) is 30.3 Å². The molecule has 0 saturated heterocycles. The zero-order valence-electron chi connectivity index (χ0n) is 13.6. The summed E-state index contributed by atoms with van der Waals surface area (Å²) in [5, 5.41) is 0. The number of thiazole rings is 1. The molecule has 5 nitrogen and oxygen atoms in total. The molecule has 24 heavy (non-hydrogen) atoms. The molecule has 3 aromatic rings. The van der Waals surface area contributed by atoms with E-state index in [9.17, 15) is 4.79 Å². The average Bonchev–Trinajstić information content (AvgIpc) is 3.20. The van der Waals surface area contributed by atoms with Crippen molar-refractivity contribution in [2.75, 3.05) is 0 Å². The van der Waals surface area contributed by atoms with Crippen LogP contribution in [0.15, 0.2) is 42.0 Å². The molecule has 6 heteroatoms. The van der Waals surface area contributed by atoms with Gasteiger partial charge in [0.05, 0.1) is 23.8 Å². The van der Waals surface area contributed by atoms with E-state index in [0.717, 1.165) is 29.3 Å². The van der Waals surface area contributed by atoms with Crippen LogP contribution in [0, 0.1) is 13.8 Å². The third-order valence-electron chi connectivity index (χ3n) is 4.57. The predicted molar refractivity (Wildman–Crippen MR) is 92.9 cm³/mol. The summed E-state index contributed by atoms with van der Waals surface area (Å²) in [5.74, 6) is 0.978. The molecule has 0 spiro atoms. The number of benzene rings is 1. The highest BCUT2D eigenvalue weighted by molar-refractivity contribution is 7.11. The second kappa shape index (κ2) is 5.87. The number of hydrogen-bond acceptors (Lipinski definition) is 4. The topological polar surface area (TPSA) is 51.0 Å². The van der Waals surface area contributed by atoms with Gasteiger partial charge in [0, 0.05) is 18.4 Å². The molecule has 0 radical (unpaired) electrons. The fraction of sp³-hybridized carbons (Fsp3) is 0.278. The molecule has 0 N–H and O–H groups in total. The highest BCUT2D eigenvalue weighted by atomic mass is 32.1. The van der Waals surface area contributed by atoms with Crippen LogP contribution in [0.5, 0.6) is 0 Å². The molecule has 0 aliphatic carbocycles. The first-order valence-electron chi connectivity index (χ1n) is 7.92. The van der Waals surface area contributed by atoms with Gasteiger partial charge in [0.1, 0.15) is 10.7 Å². The van der Waals surface area contributed by atoms with Gasteiger partial charge in [-0.25, -0.2) is 9.97 Å². The molecule has 1 aliphatic heterocycles. The number of amides is 1. The van der Waals surface area contributed by atoms with Crippen LogP contribution < -0.4 is 0 Å². The second-order valence-electron chi connectivity index (χ2n) is 6.05. The highest BCUT2D eigenvalue weighted by Crippen LogP contribution is 2.32. The molecule has 1 atom stereocenters. The first-order valence-corrected chi connectivity index (χ1v) is 8.80. The number of carbonyl (C=O) groups is 1. The van der Waals surface area contributed by atoms with E-state index >= 15 is 0 Å². The molecule has 2 aromatic heterocycles. The van der Waals surface area contributed by atoms with Gasteiger partial charge in [0.15, 0.2) is 0 Å². The minimum Gasteiger partial charge on any atom is -0.328 e. The monoisotopic (exact) mass is 338 g/mol. The van der Waals surface area contributed by atoms with Crippen molar-refractivity contribution in [1.29, 1.82) is 0 Å². The predicted octanol–water partition coefficient (Wildman–Crippen LogP) is 3.35. The summed E-state index contributed by atoms with van der Waals surface area (Å²) in [4.78, 5) is 24.5. The summed E-state index contributed by atoms with van der Waals surface area (Å²) in [7, 11) is 0. The largest absolute Gasteiger partial charge is 0.328 e. The van der Waals surface area contributed by atoms with Gasteiger partial charge < -0.3 is 9.47 Å². The van der Waals surface area contributed by atoms with Gasteiger partial charge in [0.2, 0.25) is 0 Å². The van der Waals surface area contributed by atoms with E-state index in [1.54, 1.807) is 5.51 Å². The number of hydrogen-bond donors (Lipinski definition) is 0. The van der Waals surface area contributed by atoms with E-state index in [2.05, 4.69) is 33.6 Å². The van der Waals surface area contributed by atoms with E-state index < -0.39 is 0 Å². The molecule has 122 valence electrons. The van der Waals surface area contributed by atoms with Crippen molar-refractivity contribution in [1.82, 2.24) is 19.4 Å². The van der Waals surface area contributed by atoms with Crippen LogP contribution in [0.2, 0.25) is 0 Å². The normalized spacial score (nSPS) is 16.9.